The number of nitrogens with one attached hydrogen (secondary N) is 1. The van der Waals surface area contributed by atoms with Crippen LogP contribution in [0.5, 0.6) is 0 Å². The fourth-order valence-electron chi connectivity index (χ4n) is 1.79. The Labute approximate surface area is 129 Å². The van der Waals surface area contributed by atoms with E-state index in [-0.39, 0.29) is 4.90 Å². The van der Waals surface area contributed by atoms with E-state index in [4.69, 9.17) is 17.3 Å². The van der Waals surface area contributed by atoms with Crippen molar-refractivity contribution >= 4 is 38.7 Å². The molecule has 0 heterocycles. The lowest BCUT2D eigenvalue weighted by molar-refractivity contribution is 0.601. The Morgan fingerprint density at radius 2 is 1.71 bits per heavy atom. The van der Waals surface area contributed by atoms with Gasteiger partial charge in [0.15, 0.2) is 0 Å². The first kappa shape index (κ1) is 15.5. The molecule has 0 fully saturated rings. The minimum absolute atomic E-state index is 0.143. The molecule has 5 nitrogen and oxygen atoms in total. The van der Waals surface area contributed by atoms with E-state index < -0.39 is 10.0 Å². The molecule has 2 aromatic carbocycles. The van der Waals surface area contributed by atoms with Crippen molar-refractivity contribution in [2.45, 2.75) is 4.90 Å². The molecule has 0 saturated carbocycles. The Bertz CT molecular complexity index is 743. The van der Waals surface area contributed by atoms with Crippen LogP contribution >= 0.6 is 11.6 Å². The number of nitrogens with zero attached hydrogens (tertiary/aromatic N) is 1. The largest absolute Gasteiger partial charge is 0.399 e. The van der Waals surface area contributed by atoms with Gasteiger partial charge in [-0.2, -0.15) is 0 Å². The van der Waals surface area contributed by atoms with Gasteiger partial charge in [0, 0.05) is 19.8 Å². The summed E-state index contributed by atoms with van der Waals surface area (Å²) in [5.74, 6) is 0. The third-order valence-corrected chi connectivity index (χ3v) is 4.57. The van der Waals surface area contributed by atoms with Crippen molar-refractivity contribution in [3.63, 3.8) is 0 Å². The van der Waals surface area contributed by atoms with Gasteiger partial charge in [0.05, 0.1) is 21.3 Å². The van der Waals surface area contributed by atoms with Gasteiger partial charge in [0.1, 0.15) is 0 Å². The van der Waals surface area contributed by atoms with Crippen molar-refractivity contribution in [1.82, 2.24) is 0 Å². The molecule has 0 unspecified atom stereocenters. The lowest BCUT2D eigenvalue weighted by atomic mass is 10.3. The number of hydrogen-bond acceptors (Lipinski definition) is 4. The molecule has 0 aliphatic rings. The SMILES string of the molecule is CN(C)c1ccc(NS(=O)(=O)c2ccc(N)cc2)cc1Cl. The van der Waals surface area contributed by atoms with Crippen molar-refractivity contribution < 1.29 is 8.42 Å². The fraction of sp³-hybridized carbons (Fsp3) is 0.143. The Hall–Kier alpha value is -1.92. The Morgan fingerprint density at radius 3 is 2.24 bits per heavy atom. The zero-order chi connectivity index (χ0) is 15.6. The van der Waals surface area contributed by atoms with Gasteiger partial charge in [-0.1, -0.05) is 11.6 Å². The van der Waals surface area contributed by atoms with Gasteiger partial charge in [0.25, 0.3) is 10.0 Å². The number of benzene rings is 2. The molecule has 2 rings (SSSR count). The standard InChI is InChI=1S/C14H16ClN3O2S/c1-18(2)14-8-5-11(9-13(14)15)17-21(19,20)12-6-3-10(16)4-7-12/h3-9,17H,16H2,1-2H3. The summed E-state index contributed by atoms with van der Waals surface area (Å²) in [6.07, 6.45) is 0. The van der Waals surface area contributed by atoms with E-state index in [1.807, 2.05) is 19.0 Å². The first-order valence-corrected chi connectivity index (χ1v) is 8.01. The molecule has 3 N–H and O–H groups in total. The maximum Gasteiger partial charge on any atom is 0.261 e. The maximum atomic E-state index is 12.2. The quantitative estimate of drug-likeness (QED) is 0.848. The van der Waals surface area contributed by atoms with Crippen LogP contribution in [0.25, 0.3) is 0 Å². The van der Waals surface area contributed by atoms with Crippen LogP contribution in [-0.4, -0.2) is 22.5 Å². The van der Waals surface area contributed by atoms with E-state index in [9.17, 15) is 8.42 Å². The Morgan fingerprint density at radius 1 is 1.10 bits per heavy atom. The average molecular weight is 326 g/mol. The molecule has 112 valence electrons. The summed E-state index contributed by atoms with van der Waals surface area (Å²) in [7, 11) is 0.0633. The lowest BCUT2D eigenvalue weighted by Crippen LogP contribution is -2.14. The molecule has 2 aromatic rings. The molecule has 0 aliphatic heterocycles. The van der Waals surface area contributed by atoms with E-state index in [2.05, 4.69) is 4.72 Å². The number of anilines is 3. The van der Waals surface area contributed by atoms with Gasteiger partial charge < -0.3 is 10.6 Å². The van der Waals surface area contributed by atoms with Gasteiger partial charge in [-0.05, 0) is 42.5 Å². The predicted octanol–water partition coefficient (Wildman–Crippen LogP) is 2.79. The highest BCUT2D eigenvalue weighted by molar-refractivity contribution is 7.92. The zero-order valence-corrected chi connectivity index (χ0v) is 13.2. The molecular formula is C14H16ClN3O2S. The van der Waals surface area contributed by atoms with Crippen LogP contribution in [0.4, 0.5) is 17.1 Å². The van der Waals surface area contributed by atoms with Crippen LogP contribution in [-0.2, 0) is 10.0 Å². The van der Waals surface area contributed by atoms with Crippen LogP contribution < -0.4 is 15.4 Å². The maximum absolute atomic E-state index is 12.2. The number of rotatable bonds is 4. The minimum atomic E-state index is -3.66. The van der Waals surface area contributed by atoms with E-state index >= 15 is 0 Å². The molecule has 21 heavy (non-hydrogen) atoms. The Balaban J connectivity index is 2.29. The monoisotopic (exact) mass is 325 g/mol. The molecule has 0 atom stereocenters. The minimum Gasteiger partial charge on any atom is -0.399 e. The topological polar surface area (TPSA) is 75.4 Å². The van der Waals surface area contributed by atoms with Crippen LogP contribution in [0.2, 0.25) is 5.02 Å². The van der Waals surface area contributed by atoms with Crippen molar-refractivity contribution in [3.8, 4) is 0 Å². The molecular weight excluding hydrogens is 310 g/mol. The summed E-state index contributed by atoms with van der Waals surface area (Å²) in [5, 5.41) is 0.470. The molecule has 0 aliphatic carbocycles. The molecule has 7 heteroatoms. The normalized spacial score (nSPS) is 11.2. The number of nitrogen functional groups attached to an aromatic ring is 1. The molecule has 0 saturated heterocycles. The Kier molecular flexibility index (Phi) is 4.29. The van der Waals surface area contributed by atoms with Gasteiger partial charge in [-0.25, -0.2) is 8.42 Å². The summed E-state index contributed by atoms with van der Waals surface area (Å²) in [4.78, 5) is 1.99. The summed E-state index contributed by atoms with van der Waals surface area (Å²) < 4.78 is 27.0. The highest BCUT2D eigenvalue weighted by Gasteiger charge is 2.14. The van der Waals surface area contributed by atoms with E-state index in [1.165, 1.54) is 24.3 Å². The molecule has 0 amide bonds. The third-order valence-electron chi connectivity index (χ3n) is 2.87. The van der Waals surface area contributed by atoms with Crippen molar-refractivity contribution in [3.05, 3.63) is 47.5 Å². The summed E-state index contributed by atoms with van der Waals surface area (Å²) in [5.41, 5.74) is 7.27. The number of nitrogens with two attached hydrogens (primary N) is 1. The zero-order valence-electron chi connectivity index (χ0n) is 11.7. The predicted molar refractivity (Wildman–Crippen MR) is 87.4 cm³/mol. The smallest absolute Gasteiger partial charge is 0.261 e. The summed E-state index contributed by atoms with van der Waals surface area (Å²) in [6.45, 7) is 0. The van der Waals surface area contributed by atoms with Crippen LogP contribution in [0.15, 0.2) is 47.4 Å². The van der Waals surface area contributed by atoms with Gasteiger partial charge in [0.2, 0.25) is 0 Å². The van der Waals surface area contributed by atoms with Gasteiger partial charge >= 0.3 is 0 Å². The summed E-state index contributed by atoms with van der Waals surface area (Å²) in [6, 6.07) is 11.0. The van der Waals surface area contributed by atoms with Crippen molar-refractivity contribution in [1.29, 1.82) is 0 Å². The lowest BCUT2D eigenvalue weighted by Gasteiger charge is -2.15. The van der Waals surface area contributed by atoms with E-state index in [0.717, 1.165) is 5.69 Å². The van der Waals surface area contributed by atoms with Gasteiger partial charge in [-0.3, -0.25) is 4.72 Å². The average Bonchev–Trinajstić information content (AvgIpc) is 2.38. The van der Waals surface area contributed by atoms with Crippen LogP contribution in [0.3, 0.4) is 0 Å². The third kappa shape index (κ3) is 3.59. The molecule has 0 aromatic heterocycles. The second kappa shape index (κ2) is 5.83. The van der Waals surface area contributed by atoms with Crippen molar-refractivity contribution in [2.75, 3.05) is 29.5 Å². The second-order valence-electron chi connectivity index (χ2n) is 4.74. The number of hydrogen-bond donors (Lipinski definition) is 2. The van der Waals surface area contributed by atoms with E-state index in [0.29, 0.717) is 16.4 Å². The van der Waals surface area contributed by atoms with Crippen LogP contribution in [0.1, 0.15) is 0 Å². The van der Waals surface area contributed by atoms with Crippen molar-refractivity contribution in [2.24, 2.45) is 0 Å². The molecule has 0 radical (unpaired) electrons. The van der Waals surface area contributed by atoms with Crippen LogP contribution in [0, 0.1) is 0 Å². The first-order chi connectivity index (χ1) is 9.79. The summed E-state index contributed by atoms with van der Waals surface area (Å²) >= 11 is 6.13. The first-order valence-electron chi connectivity index (χ1n) is 6.15. The highest BCUT2D eigenvalue weighted by atomic mass is 35.5. The molecule has 0 spiro atoms. The fourth-order valence-corrected chi connectivity index (χ4v) is 3.19. The number of halogens is 1. The molecule has 0 bridgehead atoms. The van der Waals surface area contributed by atoms with E-state index in [1.54, 1.807) is 18.2 Å². The highest BCUT2D eigenvalue weighted by Crippen LogP contribution is 2.28. The second-order valence-corrected chi connectivity index (χ2v) is 6.82. The number of sulfonamides is 1. The van der Waals surface area contributed by atoms with Gasteiger partial charge in [-0.15, -0.1) is 0 Å².